The highest BCUT2D eigenvalue weighted by atomic mass is 16.7. The minimum Gasteiger partial charge on any atom is -0.497 e. The summed E-state index contributed by atoms with van der Waals surface area (Å²) in [5.74, 6) is 2.87. The SMILES string of the molecule is COc1ccc(OC)c([C@@H]2C[C@H]3[C@@H]4CC=C5C[C@@H](O[C@@H]6O[C@H](CO)[C@@H](O[C@H]7O[C@H](CO)[C@@H](O)[C@H](O)[C@H]7O)[C@H](O)[C@H]6O)CC[C@]5(C)[C@H]4CC[C@]3(C)[C@H]2C(C)=O)c1. The molecule has 55 heavy (non-hydrogen) atoms. The molecule has 308 valence electrons. The molecule has 2 aliphatic heterocycles. The van der Waals surface area contributed by atoms with Gasteiger partial charge in [0.1, 0.15) is 66.1 Å². The Morgan fingerprint density at radius 2 is 1.53 bits per heavy atom. The van der Waals surface area contributed by atoms with Gasteiger partial charge in [0, 0.05) is 11.5 Å². The molecule has 2 heterocycles. The highest BCUT2D eigenvalue weighted by molar-refractivity contribution is 5.81. The molecule has 0 bridgehead atoms. The van der Waals surface area contributed by atoms with E-state index in [0.29, 0.717) is 30.6 Å². The minimum absolute atomic E-state index is 0.0286. The van der Waals surface area contributed by atoms with Gasteiger partial charge in [0.15, 0.2) is 12.6 Å². The van der Waals surface area contributed by atoms with Crippen LogP contribution in [0.1, 0.15) is 77.2 Å². The number of benzene rings is 1. The van der Waals surface area contributed by atoms with E-state index < -0.39 is 74.6 Å². The Hall–Kier alpha value is -2.21. The van der Waals surface area contributed by atoms with Gasteiger partial charge >= 0.3 is 0 Å². The number of carbonyl (C=O) groups excluding carboxylic acids is 1. The largest absolute Gasteiger partial charge is 0.497 e. The molecule has 6 aliphatic rings. The zero-order valence-corrected chi connectivity index (χ0v) is 32.4. The van der Waals surface area contributed by atoms with Crippen LogP contribution in [0.25, 0.3) is 0 Å². The Morgan fingerprint density at radius 1 is 0.836 bits per heavy atom. The van der Waals surface area contributed by atoms with Gasteiger partial charge in [0.2, 0.25) is 0 Å². The van der Waals surface area contributed by atoms with E-state index in [9.17, 15) is 40.5 Å². The molecule has 0 spiro atoms. The maximum Gasteiger partial charge on any atom is 0.187 e. The molecule has 14 heteroatoms. The molecule has 18 atom stereocenters. The van der Waals surface area contributed by atoms with E-state index in [2.05, 4.69) is 19.9 Å². The first kappa shape index (κ1) is 41.0. The van der Waals surface area contributed by atoms with E-state index in [1.54, 1.807) is 21.1 Å². The first-order valence-corrected chi connectivity index (χ1v) is 19.9. The quantitative estimate of drug-likeness (QED) is 0.168. The lowest BCUT2D eigenvalue weighted by molar-refractivity contribution is -0.363. The third-order valence-corrected chi connectivity index (χ3v) is 14.7. The summed E-state index contributed by atoms with van der Waals surface area (Å²) >= 11 is 0. The number of allylic oxidation sites excluding steroid dienone is 1. The Labute approximate surface area is 322 Å². The summed E-state index contributed by atoms with van der Waals surface area (Å²) < 4.78 is 34.9. The van der Waals surface area contributed by atoms with Crippen LogP contribution in [-0.4, -0.2) is 136 Å². The van der Waals surface area contributed by atoms with Gasteiger partial charge in [-0.15, -0.1) is 0 Å². The minimum atomic E-state index is -1.74. The van der Waals surface area contributed by atoms with Crippen LogP contribution in [0, 0.1) is 34.5 Å². The summed E-state index contributed by atoms with van der Waals surface area (Å²) in [6.45, 7) is 5.15. The molecule has 7 N–H and O–H groups in total. The van der Waals surface area contributed by atoms with Crippen LogP contribution in [0.3, 0.4) is 0 Å². The molecular formula is C41H60O14. The number of hydrogen-bond donors (Lipinski definition) is 7. The fourth-order valence-corrected chi connectivity index (χ4v) is 11.8. The maximum absolute atomic E-state index is 13.5. The number of methoxy groups -OCH3 is 2. The molecule has 7 rings (SSSR count). The van der Waals surface area contributed by atoms with Crippen molar-refractivity contribution in [2.24, 2.45) is 34.5 Å². The highest BCUT2D eigenvalue weighted by Crippen LogP contribution is 2.69. The molecule has 2 saturated heterocycles. The number of fused-ring (bicyclic) bond motifs is 5. The van der Waals surface area contributed by atoms with E-state index in [1.165, 1.54) is 5.57 Å². The van der Waals surface area contributed by atoms with Gasteiger partial charge in [0.05, 0.1) is 33.5 Å². The third-order valence-electron chi connectivity index (χ3n) is 14.7. The number of Topliss-reactive ketones (excluding diaryl/α,β-unsaturated/α-hetero) is 1. The van der Waals surface area contributed by atoms with Crippen molar-refractivity contribution in [3.8, 4) is 11.5 Å². The van der Waals surface area contributed by atoms with Crippen LogP contribution >= 0.6 is 0 Å². The normalized spacial score (nSPS) is 46.9. The summed E-state index contributed by atoms with van der Waals surface area (Å²) in [6, 6.07) is 5.88. The summed E-state index contributed by atoms with van der Waals surface area (Å²) in [7, 11) is 3.33. The first-order valence-electron chi connectivity index (χ1n) is 19.9. The topological polar surface area (TPSA) is 214 Å². The van der Waals surface area contributed by atoms with Crippen molar-refractivity contribution in [2.75, 3.05) is 27.4 Å². The Bertz CT molecular complexity index is 1570. The summed E-state index contributed by atoms with van der Waals surface area (Å²) in [5, 5.41) is 72.9. The molecule has 3 saturated carbocycles. The lowest BCUT2D eigenvalue weighted by Gasteiger charge is -2.58. The number of hydrogen-bond acceptors (Lipinski definition) is 14. The molecule has 4 aliphatic carbocycles. The zero-order valence-electron chi connectivity index (χ0n) is 32.4. The number of aliphatic hydroxyl groups excluding tert-OH is 7. The monoisotopic (exact) mass is 776 g/mol. The average molecular weight is 777 g/mol. The van der Waals surface area contributed by atoms with E-state index in [-0.39, 0.29) is 34.6 Å². The lowest BCUT2D eigenvalue weighted by Crippen LogP contribution is -2.65. The summed E-state index contributed by atoms with van der Waals surface area (Å²) in [5.41, 5.74) is 2.15. The van der Waals surface area contributed by atoms with Gasteiger partial charge < -0.3 is 64.2 Å². The number of carbonyl (C=O) groups is 1. The van der Waals surface area contributed by atoms with Crippen molar-refractivity contribution < 1.29 is 69.0 Å². The number of rotatable bonds is 10. The predicted octanol–water partition coefficient (Wildman–Crippen LogP) is 1.57. The number of ketones is 1. The van der Waals surface area contributed by atoms with Gasteiger partial charge in [-0.2, -0.15) is 0 Å². The van der Waals surface area contributed by atoms with Crippen LogP contribution in [-0.2, 0) is 23.7 Å². The van der Waals surface area contributed by atoms with Crippen LogP contribution < -0.4 is 9.47 Å². The lowest BCUT2D eigenvalue weighted by atomic mass is 9.47. The van der Waals surface area contributed by atoms with Crippen molar-refractivity contribution in [2.45, 2.75) is 139 Å². The summed E-state index contributed by atoms with van der Waals surface area (Å²) in [4.78, 5) is 13.5. The van der Waals surface area contributed by atoms with Crippen LogP contribution in [0.5, 0.6) is 11.5 Å². The van der Waals surface area contributed by atoms with Crippen molar-refractivity contribution >= 4 is 5.78 Å². The Kier molecular flexibility index (Phi) is 11.8. The molecule has 0 aromatic heterocycles. The van der Waals surface area contributed by atoms with E-state index in [4.69, 9.17) is 28.4 Å². The van der Waals surface area contributed by atoms with Crippen LogP contribution in [0.4, 0.5) is 0 Å². The van der Waals surface area contributed by atoms with Gasteiger partial charge in [-0.1, -0.05) is 25.5 Å². The molecule has 0 unspecified atom stereocenters. The second-order valence-electron chi connectivity index (χ2n) is 17.3. The highest BCUT2D eigenvalue weighted by Gasteiger charge is 2.63. The Balaban J connectivity index is 1.04. The second-order valence-corrected chi connectivity index (χ2v) is 17.3. The number of ether oxygens (including phenoxy) is 6. The second kappa shape index (κ2) is 15.9. The first-order chi connectivity index (χ1) is 26.2. The van der Waals surface area contributed by atoms with Crippen molar-refractivity contribution in [3.05, 3.63) is 35.4 Å². The molecule has 5 fully saturated rings. The predicted molar refractivity (Wildman–Crippen MR) is 195 cm³/mol. The van der Waals surface area contributed by atoms with Crippen molar-refractivity contribution in [1.82, 2.24) is 0 Å². The van der Waals surface area contributed by atoms with E-state index >= 15 is 0 Å². The van der Waals surface area contributed by atoms with Gasteiger partial charge in [-0.05, 0) is 105 Å². The molecule has 0 amide bonds. The smallest absolute Gasteiger partial charge is 0.187 e. The number of aliphatic hydroxyl groups is 7. The molecule has 1 aromatic rings. The molecule has 0 radical (unpaired) electrons. The fraction of sp³-hybridized carbons (Fsp3) is 0.780. The van der Waals surface area contributed by atoms with Gasteiger partial charge in [-0.25, -0.2) is 0 Å². The average Bonchev–Trinajstić information content (AvgIpc) is 3.50. The van der Waals surface area contributed by atoms with Crippen molar-refractivity contribution in [3.63, 3.8) is 0 Å². The molecule has 14 nitrogen and oxygen atoms in total. The van der Waals surface area contributed by atoms with Crippen LogP contribution in [0.15, 0.2) is 29.8 Å². The van der Waals surface area contributed by atoms with Crippen molar-refractivity contribution in [1.29, 1.82) is 0 Å². The standard InChI is InChI=1S/C41H60O14/c1-19(44)31-25(24-15-21(50-4)7-9-28(24)51-5)16-27-23-8-6-20-14-22(10-12-40(20,2)26(23)11-13-41(27,31)3)52-38-36(49)34(47)37(30(18-43)54-38)55-39-35(48)33(46)32(45)29(17-42)53-39/h6-7,9,15,22-23,25-27,29-39,42-43,45-49H,8,10-14,16-18H2,1-5H3/t22-,23+,25-,26-,27-,29+,30+,31-,32+,33-,34+,35+,36+,37+,38+,39+,40-,41-/m0/s1. The summed E-state index contributed by atoms with van der Waals surface area (Å²) in [6.07, 6.45) is -6.96. The van der Waals surface area contributed by atoms with E-state index in [0.717, 1.165) is 49.2 Å². The third kappa shape index (κ3) is 6.96. The van der Waals surface area contributed by atoms with E-state index in [1.807, 2.05) is 18.2 Å². The van der Waals surface area contributed by atoms with Crippen LogP contribution in [0.2, 0.25) is 0 Å². The maximum atomic E-state index is 13.5. The van der Waals surface area contributed by atoms with Gasteiger partial charge in [-0.3, -0.25) is 4.79 Å². The molecule has 1 aromatic carbocycles. The fourth-order valence-electron chi connectivity index (χ4n) is 11.8. The Morgan fingerprint density at radius 3 is 2.20 bits per heavy atom. The zero-order chi connectivity index (χ0) is 39.6. The molecular weight excluding hydrogens is 716 g/mol. The van der Waals surface area contributed by atoms with Gasteiger partial charge in [0.25, 0.3) is 0 Å².